The van der Waals surface area contributed by atoms with Crippen molar-refractivity contribution in [2.75, 3.05) is 19.3 Å². The first-order valence-electron chi connectivity index (χ1n) is 7.20. The number of carbonyl (C=O) groups excluding carboxylic acids is 1. The molecule has 0 aromatic heterocycles. The van der Waals surface area contributed by atoms with Crippen molar-refractivity contribution >= 4 is 15.7 Å². The third-order valence-electron chi connectivity index (χ3n) is 2.99. The highest BCUT2D eigenvalue weighted by Gasteiger charge is 2.18. The Morgan fingerprint density at radius 2 is 1.43 bits per heavy atom. The standard InChI is InChI=1S/C16H25NO3S/c1-12(2)10-17(11-13(3)4)16(18)14-6-8-15(9-7-14)21(5,19)20/h6-9,12-13H,10-11H2,1-5H3. The zero-order chi connectivity index (χ0) is 16.2. The molecular weight excluding hydrogens is 286 g/mol. The maximum atomic E-state index is 12.6. The fraction of sp³-hybridized carbons (Fsp3) is 0.562. The summed E-state index contributed by atoms with van der Waals surface area (Å²) in [5.41, 5.74) is 0.531. The summed E-state index contributed by atoms with van der Waals surface area (Å²) >= 11 is 0. The van der Waals surface area contributed by atoms with Gasteiger partial charge in [0.05, 0.1) is 4.90 Å². The molecule has 0 fully saturated rings. The molecule has 1 rings (SSSR count). The number of hydrogen-bond acceptors (Lipinski definition) is 3. The van der Waals surface area contributed by atoms with Gasteiger partial charge in [0.25, 0.3) is 5.91 Å². The summed E-state index contributed by atoms with van der Waals surface area (Å²) in [5.74, 6) is 0.739. The lowest BCUT2D eigenvalue weighted by Gasteiger charge is -2.26. The smallest absolute Gasteiger partial charge is 0.253 e. The van der Waals surface area contributed by atoms with Gasteiger partial charge in [-0.3, -0.25) is 4.79 Å². The van der Waals surface area contributed by atoms with Crippen molar-refractivity contribution in [2.45, 2.75) is 32.6 Å². The number of hydrogen-bond donors (Lipinski definition) is 0. The molecule has 118 valence electrons. The molecule has 0 bridgehead atoms. The molecule has 0 saturated heterocycles. The molecule has 0 radical (unpaired) electrons. The number of amides is 1. The van der Waals surface area contributed by atoms with Crippen LogP contribution >= 0.6 is 0 Å². The van der Waals surface area contributed by atoms with Gasteiger partial charge >= 0.3 is 0 Å². The van der Waals surface area contributed by atoms with E-state index in [9.17, 15) is 13.2 Å². The van der Waals surface area contributed by atoms with Crippen molar-refractivity contribution in [3.8, 4) is 0 Å². The molecule has 1 amide bonds. The number of sulfone groups is 1. The van der Waals surface area contributed by atoms with E-state index in [0.29, 0.717) is 30.5 Å². The van der Waals surface area contributed by atoms with E-state index < -0.39 is 9.84 Å². The van der Waals surface area contributed by atoms with E-state index in [1.807, 2.05) is 4.90 Å². The lowest BCUT2D eigenvalue weighted by Crippen LogP contribution is -2.37. The van der Waals surface area contributed by atoms with E-state index in [2.05, 4.69) is 27.7 Å². The molecule has 1 aromatic carbocycles. The average Bonchev–Trinajstić information content (AvgIpc) is 2.35. The van der Waals surface area contributed by atoms with Gasteiger partial charge in [0.15, 0.2) is 9.84 Å². The molecule has 0 spiro atoms. The normalized spacial score (nSPS) is 12.0. The fourth-order valence-corrected chi connectivity index (χ4v) is 2.78. The summed E-state index contributed by atoms with van der Waals surface area (Å²) in [6.45, 7) is 9.71. The molecule has 0 aliphatic carbocycles. The Balaban J connectivity index is 2.98. The van der Waals surface area contributed by atoms with Crippen LogP contribution in [-0.2, 0) is 9.84 Å². The molecular formula is C16H25NO3S. The van der Waals surface area contributed by atoms with Gasteiger partial charge in [0.1, 0.15) is 0 Å². The Bertz CT molecular complexity index is 564. The number of nitrogens with zero attached hydrogens (tertiary/aromatic N) is 1. The van der Waals surface area contributed by atoms with E-state index in [4.69, 9.17) is 0 Å². The lowest BCUT2D eigenvalue weighted by molar-refractivity contribution is 0.0715. The van der Waals surface area contributed by atoms with Crippen molar-refractivity contribution in [3.63, 3.8) is 0 Å². The van der Waals surface area contributed by atoms with Crippen molar-refractivity contribution < 1.29 is 13.2 Å². The molecule has 1 aromatic rings. The Hall–Kier alpha value is -1.36. The highest BCUT2D eigenvalue weighted by molar-refractivity contribution is 7.90. The zero-order valence-corrected chi connectivity index (χ0v) is 14.3. The monoisotopic (exact) mass is 311 g/mol. The summed E-state index contributed by atoms with van der Waals surface area (Å²) in [6.07, 6.45) is 1.16. The largest absolute Gasteiger partial charge is 0.338 e. The highest BCUT2D eigenvalue weighted by atomic mass is 32.2. The zero-order valence-electron chi connectivity index (χ0n) is 13.5. The third-order valence-corrected chi connectivity index (χ3v) is 4.12. The van der Waals surface area contributed by atoms with Crippen LogP contribution in [0, 0.1) is 11.8 Å². The van der Waals surface area contributed by atoms with Crippen LogP contribution in [0.2, 0.25) is 0 Å². The van der Waals surface area contributed by atoms with Gasteiger partial charge in [0.2, 0.25) is 0 Å². The molecule has 0 aliphatic heterocycles. The van der Waals surface area contributed by atoms with E-state index in [-0.39, 0.29) is 10.8 Å². The maximum absolute atomic E-state index is 12.6. The maximum Gasteiger partial charge on any atom is 0.253 e. The van der Waals surface area contributed by atoms with Crippen LogP contribution in [0.3, 0.4) is 0 Å². The summed E-state index contributed by atoms with van der Waals surface area (Å²) in [7, 11) is -3.23. The van der Waals surface area contributed by atoms with Crippen LogP contribution < -0.4 is 0 Å². The Morgan fingerprint density at radius 1 is 1.00 bits per heavy atom. The second-order valence-electron chi connectivity index (χ2n) is 6.29. The molecule has 0 aliphatic rings. The van der Waals surface area contributed by atoms with E-state index in [0.717, 1.165) is 6.26 Å². The summed E-state index contributed by atoms with van der Waals surface area (Å²) in [5, 5.41) is 0. The summed E-state index contributed by atoms with van der Waals surface area (Å²) in [4.78, 5) is 14.6. The van der Waals surface area contributed by atoms with E-state index in [1.54, 1.807) is 12.1 Å². The number of carbonyl (C=O) groups is 1. The molecule has 0 unspecified atom stereocenters. The second kappa shape index (κ2) is 7.07. The molecule has 0 heterocycles. The minimum Gasteiger partial charge on any atom is -0.338 e. The fourth-order valence-electron chi connectivity index (χ4n) is 2.15. The lowest BCUT2D eigenvalue weighted by atomic mass is 10.1. The van der Waals surface area contributed by atoms with Crippen molar-refractivity contribution in [2.24, 2.45) is 11.8 Å². The number of rotatable bonds is 6. The first-order valence-corrected chi connectivity index (χ1v) is 9.09. The van der Waals surface area contributed by atoms with Gasteiger partial charge < -0.3 is 4.90 Å². The molecule has 0 N–H and O–H groups in total. The van der Waals surface area contributed by atoms with Crippen molar-refractivity contribution in [3.05, 3.63) is 29.8 Å². The second-order valence-corrected chi connectivity index (χ2v) is 8.31. The van der Waals surface area contributed by atoms with Gasteiger partial charge in [-0.15, -0.1) is 0 Å². The molecule has 21 heavy (non-hydrogen) atoms. The van der Waals surface area contributed by atoms with Crippen molar-refractivity contribution in [1.29, 1.82) is 0 Å². The van der Waals surface area contributed by atoms with Gasteiger partial charge in [-0.05, 0) is 36.1 Å². The van der Waals surface area contributed by atoms with E-state index in [1.165, 1.54) is 12.1 Å². The molecule has 5 heteroatoms. The Labute approximate surface area is 128 Å². The number of benzene rings is 1. The highest BCUT2D eigenvalue weighted by Crippen LogP contribution is 2.14. The van der Waals surface area contributed by atoms with Crippen LogP contribution in [0.15, 0.2) is 29.2 Å². The molecule has 0 saturated carbocycles. The van der Waals surface area contributed by atoms with Gasteiger partial charge in [-0.25, -0.2) is 8.42 Å². The minimum atomic E-state index is -3.23. The van der Waals surface area contributed by atoms with Crippen LogP contribution in [0.4, 0.5) is 0 Å². The van der Waals surface area contributed by atoms with Crippen LogP contribution in [0.5, 0.6) is 0 Å². The van der Waals surface area contributed by atoms with Crippen LogP contribution in [0.1, 0.15) is 38.1 Å². The SMILES string of the molecule is CC(C)CN(CC(C)C)C(=O)c1ccc(S(C)(=O)=O)cc1. The first-order chi connectivity index (χ1) is 9.61. The summed E-state index contributed by atoms with van der Waals surface area (Å²) in [6, 6.07) is 6.16. The van der Waals surface area contributed by atoms with E-state index >= 15 is 0 Å². The third kappa shape index (κ3) is 5.50. The topological polar surface area (TPSA) is 54.5 Å². The molecule has 0 atom stereocenters. The van der Waals surface area contributed by atoms with Crippen LogP contribution in [0.25, 0.3) is 0 Å². The van der Waals surface area contributed by atoms with Gasteiger partial charge in [-0.2, -0.15) is 0 Å². The predicted octanol–water partition coefficient (Wildman–Crippen LogP) is 2.84. The average molecular weight is 311 g/mol. The predicted molar refractivity (Wildman–Crippen MR) is 85.1 cm³/mol. The van der Waals surface area contributed by atoms with Gasteiger partial charge in [-0.1, -0.05) is 27.7 Å². The quantitative estimate of drug-likeness (QED) is 0.812. The first kappa shape index (κ1) is 17.7. The Morgan fingerprint density at radius 3 is 1.76 bits per heavy atom. The summed E-state index contributed by atoms with van der Waals surface area (Å²) < 4.78 is 22.9. The van der Waals surface area contributed by atoms with Crippen LogP contribution in [-0.4, -0.2) is 38.6 Å². The minimum absolute atomic E-state index is 0.0440. The van der Waals surface area contributed by atoms with Crippen molar-refractivity contribution in [1.82, 2.24) is 4.90 Å². The van der Waals surface area contributed by atoms with Gasteiger partial charge in [0, 0.05) is 24.9 Å². The molecule has 4 nitrogen and oxygen atoms in total. The Kier molecular flexibility index (Phi) is 5.96.